The van der Waals surface area contributed by atoms with Gasteiger partial charge in [-0.1, -0.05) is 72.3 Å². The number of carbonyl (C=O) groups excluding carboxylic acids is 2. The van der Waals surface area contributed by atoms with E-state index in [1.165, 1.54) is 22.7 Å². The van der Waals surface area contributed by atoms with Crippen molar-refractivity contribution in [2.24, 2.45) is 0 Å². The summed E-state index contributed by atoms with van der Waals surface area (Å²) in [5.41, 5.74) is 3.97. The molecule has 4 aromatic heterocycles. The molecular weight excluding hydrogens is 844 g/mol. The zero-order valence-electron chi connectivity index (χ0n) is 30.6. The van der Waals surface area contributed by atoms with Crippen molar-refractivity contribution in [3.63, 3.8) is 0 Å². The lowest BCUT2D eigenvalue weighted by molar-refractivity contribution is 0.0695. The van der Waals surface area contributed by atoms with Gasteiger partial charge < -0.3 is 9.80 Å². The Morgan fingerprint density at radius 2 is 1.12 bits per heavy atom. The summed E-state index contributed by atoms with van der Waals surface area (Å²) in [6, 6.07) is 31.4. The summed E-state index contributed by atoms with van der Waals surface area (Å²) in [5.74, 6) is -0.702. The maximum atomic E-state index is 13.6. The molecule has 6 nitrogen and oxygen atoms in total. The molecule has 0 radical (unpaired) electrons. The molecule has 8 aromatic rings. The van der Waals surface area contributed by atoms with Crippen molar-refractivity contribution < 1.29 is 9.59 Å². The van der Waals surface area contributed by atoms with Crippen LogP contribution in [-0.2, 0) is 0 Å². The van der Waals surface area contributed by atoms with Gasteiger partial charge >= 0.3 is 0 Å². The molecule has 6 heterocycles. The average molecular weight is 872 g/mol. The summed E-state index contributed by atoms with van der Waals surface area (Å²) in [4.78, 5) is 58.5. The molecule has 0 N–H and O–H groups in total. The van der Waals surface area contributed by atoms with Crippen LogP contribution in [-0.4, -0.2) is 40.7 Å². The molecule has 4 aliphatic rings. The number of nitrogens with zero attached hydrogens (tertiary/aromatic N) is 2. The van der Waals surface area contributed by atoms with Crippen LogP contribution >= 0.6 is 68.5 Å². The van der Waals surface area contributed by atoms with Crippen LogP contribution in [0.5, 0.6) is 0 Å². The van der Waals surface area contributed by atoms with Gasteiger partial charge in [-0.05, 0) is 76.5 Å². The van der Waals surface area contributed by atoms with E-state index in [9.17, 15) is 19.2 Å². The standard InChI is InChI=1S/2C23H14ClNO2S2/c1-25-22(27)21-17(12-6-2-4-8-14(12)29-21)19-18-16(10-11-23(19,25)24)28-15-9-5-3-7-13(15)20(18)26;1-25-14-10-13-20(26)12-7-3-5-9-16(12)28-21(13)19(24)18(14)17-11-6-2-4-8-15(11)29-22(17)23(25)27/h2-11,19H,1H3;2-10,18-19H,1H3/t19-,23-;18-,19+/m00/s1. The number of allylic oxidation sites excluding steroid dienone is 1. The topological polar surface area (TPSA) is 74.8 Å². The molecule has 12 rings (SSSR count). The summed E-state index contributed by atoms with van der Waals surface area (Å²) in [6.45, 7) is 0. The van der Waals surface area contributed by atoms with Crippen molar-refractivity contribution in [3.05, 3.63) is 171 Å². The van der Waals surface area contributed by atoms with E-state index in [1.807, 2.05) is 109 Å². The highest BCUT2D eigenvalue weighted by molar-refractivity contribution is 7.22. The number of halogens is 2. The van der Waals surface area contributed by atoms with Crippen LogP contribution < -0.4 is 10.9 Å². The maximum absolute atomic E-state index is 13.6. The minimum atomic E-state index is -1.10. The molecule has 12 heteroatoms. The lowest BCUT2D eigenvalue weighted by atomic mass is 9.76. The van der Waals surface area contributed by atoms with E-state index >= 15 is 0 Å². The fourth-order valence-corrected chi connectivity index (χ4v) is 14.6. The summed E-state index contributed by atoms with van der Waals surface area (Å²) in [7, 11) is 3.50. The zero-order chi connectivity index (χ0) is 39.8. The predicted octanol–water partition coefficient (Wildman–Crippen LogP) is 11.6. The third-order valence-corrected chi connectivity index (χ3v) is 17.8. The largest absolute Gasteiger partial charge is 0.318 e. The summed E-state index contributed by atoms with van der Waals surface area (Å²) in [5, 5.41) is 3.07. The molecule has 58 heavy (non-hydrogen) atoms. The van der Waals surface area contributed by atoms with Gasteiger partial charge in [0, 0.05) is 76.2 Å². The quantitative estimate of drug-likeness (QED) is 0.112. The molecule has 0 bridgehead atoms. The van der Waals surface area contributed by atoms with E-state index in [1.54, 1.807) is 46.6 Å². The number of hydrogen-bond acceptors (Lipinski definition) is 8. The third-order valence-electron chi connectivity index (χ3n) is 11.8. The number of likely N-dealkylation sites (N-methyl/N-ethyl adjacent to an activating group) is 2. The van der Waals surface area contributed by atoms with E-state index in [-0.39, 0.29) is 28.6 Å². The van der Waals surface area contributed by atoms with Crippen molar-refractivity contribution >= 4 is 133 Å². The van der Waals surface area contributed by atoms with Crippen molar-refractivity contribution in [2.75, 3.05) is 14.1 Å². The van der Waals surface area contributed by atoms with Gasteiger partial charge in [-0.15, -0.1) is 56.9 Å². The molecule has 2 aliphatic carbocycles. The Balaban J connectivity index is 0.000000133. The number of hydrogen-bond donors (Lipinski definition) is 0. The Kier molecular flexibility index (Phi) is 8.12. The highest BCUT2D eigenvalue weighted by Crippen LogP contribution is 2.57. The maximum Gasteiger partial charge on any atom is 0.268 e. The molecule has 0 saturated heterocycles. The summed E-state index contributed by atoms with van der Waals surface area (Å²) >= 11 is 20.4. The molecule has 0 spiro atoms. The first-order valence-electron chi connectivity index (χ1n) is 18.5. The first kappa shape index (κ1) is 36.2. The van der Waals surface area contributed by atoms with Crippen molar-refractivity contribution in [1.29, 1.82) is 0 Å². The van der Waals surface area contributed by atoms with E-state index in [4.69, 9.17) is 23.2 Å². The monoisotopic (exact) mass is 870 g/mol. The van der Waals surface area contributed by atoms with Crippen molar-refractivity contribution in [3.8, 4) is 0 Å². The molecule has 2 amide bonds. The van der Waals surface area contributed by atoms with Gasteiger partial charge in [0.2, 0.25) is 0 Å². The molecule has 0 fully saturated rings. The molecule has 0 saturated carbocycles. The molecule has 4 aromatic carbocycles. The summed E-state index contributed by atoms with van der Waals surface area (Å²) < 4.78 is 4.02. The first-order chi connectivity index (χ1) is 28.1. The molecular formula is C46H28Cl2N2O4S4. The van der Waals surface area contributed by atoms with Crippen LogP contribution in [0.1, 0.15) is 68.6 Å². The number of fused-ring (bicyclic) bond motifs is 15. The highest BCUT2D eigenvalue weighted by atomic mass is 35.5. The Bertz CT molecular complexity index is 3340. The number of amides is 2. The smallest absolute Gasteiger partial charge is 0.268 e. The van der Waals surface area contributed by atoms with Crippen molar-refractivity contribution in [2.45, 2.75) is 22.2 Å². The predicted molar refractivity (Wildman–Crippen MR) is 243 cm³/mol. The van der Waals surface area contributed by atoms with Gasteiger partial charge in [0.25, 0.3) is 11.8 Å². The van der Waals surface area contributed by atoms with Crippen LogP contribution in [0.25, 0.3) is 52.5 Å². The number of carbonyl (C=O) groups is 2. The normalized spacial score (nSPS) is 21.5. The Morgan fingerprint density at radius 3 is 1.76 bits per heavy atom. The van der Waals surface area contributed by atoms with Gasteiger partial charge in [0.05, 0.1) is 21.0 Å². The Labute approximate surface area is 357 Å². The summed E-state index contributed by atoms with van der Waals surface area (Å²) in [6.07, 6.45) is 5.66. The van der Waals surface area contributed by atoms with Gasteiger partial charge in [0.1, 0.15) is 5.00 Å². The lowest BCUT2D eigenvalue weighted by Crippen LogP contribution is -2.53. The first-order valence-corrected chi connectivity index (χ1v) is 22.6. The third kappa shape index (κ3) is 4.93. The highest BCUT2D eigenvalue weighted by Gasteiger charge is 2.53. The lowest BCUT2D eigenvalue weighted by Gasteiger charge is -2.46. The second kappa shape index (κ2) is 13.0. The van der Waals surface area contributed by atoms with E-state index in [0.717, 1.165) is 61.0 Å². The minimum absolute atomic E-state index is 0.00212. The fraction of sp³-hybridized carbons (Fsp3) is 0.130. The number of thiophene rings is 2. The molecule has 0 unspecified atom stereocenters. The second-order valence-electron chi connectivity index (χ2n) is 14.8. The average Bonchev–Trinajstić information content (AvgIpc) is 3.83. The number of rotatable bonds is 0. The number of benzene rings is 4. The van der Waals surface area contributed by atoms with Gasteiger partial charge in [-0.25, -0.2) is 0 Å². The van der Waals surface area contributed by atoms with E-state index in [2.05, 4.69) is 6.07 Å². The molecule has 4 atom stereocenters. The van der Waals surface area contributed by atoms with Gasteiger partial charge in [-0.2, -0.15) is 0 Å². The molecule has 2 aliphatic heterocycles. The molecule has 284 valence electrons. The zero-order valence-corrected chi connectivity index (χ0v) is 35.4. The van der Waals surface area contributed by atoms with Crippen LogP contribution in [0.3, 0.4) is 0 Å². The fourth-order valence-electron chi connectivity index (χ4n) is 8.99. The Hall–Kier alpha value is -4.94. The van der Waals surface area contributed by atoms with Gasteiger partial charge in [0.15, 0.2) is 10.9 Å². The SMILES string of the molecule is CN1C(=O)c2sc3ccccc3c2[C@@H]2C1=Cc1c(sc3ccccc3c1=O)[C@@H]2Cl.CN1C(=O)c2sc3ccccc3c2[C@H]2c3c(sc4ccccc4c3=O)C=C[C@@]21Cl. The minimum Gasteiger partial charge on any atom is -0.318 e. The van der Waals surface area contributed by atoms with Crippen LogP contribution in [0.15, 0.2) is 118 Å². The van der Waals surface area contributed by atoms with Gasteiger partial charge in [-0.3, -0.25) is 19.2 Å². The van der Waals surface area contributed by atoms with Crippen LogP contribution in [0, 0.1) is 0 Å². The number of alkyl halides is 2. The van der Waals surface area contributed by atoms with Crippen molar-refractivity contribution in [1.82, 2.24) is 9.80 Å². The van der Waals surface area contributed by atoms with E-state index < -0.39 is 16.3 Å². The van der Waals surface area contributed by atoms with Crippen LogP contribution in [0.2, 0.25) is 0 Å². The second-order valence-corrected chi connectivity index (χ2v) is 20.1. The van der Waals surface area contributed by atoms with E-state index in [0.29, 0.717) is 26.8 Å². The Morgan fingerprint density at radius 1 is 0.603 bits per heavy atom. The van der Waals surface area contributed by atoms with Crippen LogP contribution in [0.4, 0.5) is 0 Å².